The first-order valence-corrected chi connectivity index (χ1v) is 11.8. The molecule has 0 unspecified atom stereocenters. The van der Waals surface area contributed by atoms with Gasteiger partial charge in [-0.3, -0.25) is 9.69 Å². The molecular formula is C21H25BrN2O3S. The van der Waals surface area contributed by atoms with Crippen LogP contribution in [0.5, 0.6) is 0 Å². The van der Waals surface area contributed by atoms with Crippen molar-refractivity contribution in [2.45, 2.75) is 18.2 Å². The van der Waals surface area contributed by atoms with Gasteiger partial charge in [-0.05, 0) is 42.3 Å². The summed E-state index contributed by atoms with van der Waals surface area (Å²) in [7, 11) is -3.29. The molecule has 0 aromatic heterocycles. The van der Waals surface area contributed by atoms with Crippen molar-refractivity contribution < 1.29 is 13.2 Å². The van der Waals surface area contributed by atoms with Gasteiger partial charge < -0.3 is 4.90 Å². The van der Waals surface area contributed by atoms with E-state index in [9.17, 15) is 13.2 Å². The van der Waals surface area contributed by atoms with Crippen LogP contribution in [0.2, 0.25) is 0 Å². The smallest absolute Gasteiger partial charge is 0.227 e. The molecule has 1 heterocycles. The monoisotopic (exact) mass is 464 g/mol. The highest BCUT2D eigenvalue weighted by Gasteiger charge is 2.23. The quantitative estimate of drug-likeness (QED) is 0.659. The highest BCUT2D eigenvalue weighted by Crippen LogP contribution is 2.16. The van der Waals surface area contributed by atoms with E-state index >= 15 is 0 Å². The van der Waals surface area contributed by atoms with Crippen molar-refractivity contribution in [3.8, 4) is 0 Å². The molecule has 0 radical (unpaired) electrons. The average Bonchev–Trinajstić information content (AvgIpc) is 2.69. The summed E-state index contributed by atoms with van der Waals surface area (Å²) in [5, 5.41) is 0. The standard InChI is InChI=1S/C21H25BrN2O3S/c1-17-4-2-3-5-18(17)16-21(25)24-12-10-23(11-13-24)14-15-28(26,27)20-8-6-19(22)7-9-20/h2-9H,10-16H2,1H3. The van der Waals surface area contributed by atoms with Gasteiger partial charge in [-0.1, -0.05) is 40.2 Å². The van der Waals surface area contributed by atoms with Crippen molar-refractivity contribution in [3.63, 3.8) is 0 Å². The summed E-state index contributed by atoms with van der Waals surface area (Å²) in [4.78, 5) is 16.9. The number of carbonyl (C=O) groups excluding carboxylic acids is 1. The van der Waals surface area contributed by atoms with Crippen molar-refractivity contribution in [2.75, 3.05) is 38.5 Å². The molecule has 1 aliphatic rings. The fraction of sp³-hybridized carbons (Fsp3) is 0.381. The van der Waals surface area contributed by atoms with Gasteiger partial charge in [0.15, 0.2) is 9.84 Å². The molecule has 1 saturated heterocycles. The molecule has 1 aliphatic heterocycles. The maximum Gasteiger partial charge on any atom is 0.227 e. The van der Waals surface area contributed by atoms with Crippen molar-refractivity contribution in [1.82, 2.24) is 9.80 Å². The number of hydrogen-bond acceptors (Lipinski definition) is 4. The minimum Gasteiger partial charge on any atom is -0.340 e. The number of amides is 1. The molecule has 0 spiro atoms. The number of benzene rings is 2. The first-order chi connectivity index (χ1) is 13.3. The van der Waals surface area contributed by atoms with Gasteiger partial charge in [-0.15, -0.1) is 0 Å². The third-order valence-corrected chi connectivity index (χ3v) is 7.42. The Bertz CT molecular complexity index is 921. The number of sulfone groups is 1. The van der Waals surface area contributed by atoms with Crippen LogP contribution in [0.15, 0.2) is 57.9 Å². The van der Waals surface area contributed by atoms with Crippen LogP contribution in [-0.4, -0.2) is 62.6 Å². The summed E-state index contributed by atoms with van der Waals surface area (Å²) in [5.41, 5.74) is 2.20. The van der Waals surface area contributed by atoms with Crippen molar-refractivity contribution >= 4 is 31.7 Å². The highest BCUT2D eigenvalue weighted by atomic mass is 79.9. The third-order valence-electron chi connectivity index (χ3n) is 5.18. The Morgan fingerprint density at radius 2 is 1.64 bits per heavy atom. The number of piperazine rings is 1. The summed E-state index contributed by atoms with van der Waals surface area (Å²) in [6, 6.07) is 14.7. The maximum absolute atomic E-state index is 12.6. The lowest BCUT2D eigenvalue weighted by atomic mass is 10.1. The number of halogens is 1. The normalized spacial score (nSPS) is 15.6. The Hall–Kier alpha value is -1.70. The summed E-state index contributed by atoms with van der Waals surface area (Å²) < 4.78 is 25.8. The van der Waals surface area contributed by atoms with Gasteiger partial charge >= 0.3 is 0 Å². The molecular weight excluding hydrogens is 440 g/mol. The lowest BCUT2D eigenvalue weighted by molar-refractivity contribution is -0.132. The number of nitrogens with zero attached hydrogens (tertiary/aromatic N) is 2. The molecule has 1 amide bonds. The average molecular weight is 465 g/mol. The second kappa shape index (κ2) is 9.20. The Morgan fingerprint density at radius 3 is 2.29 bits per heavy atom. The van der Waals surface area contributed by atoms with Crippen LogP contribution in [0.3, 0.4) is 0 Å². The molecule has 2 aromatic rings. The first kappa shape index (κ1) is 21.0. The molecule has 150 valence electrons. The molecule has 28 heavy (non-hydrogen) atoms. The molecule has 0 aliphatic carbocycles. The summed E-state index contributed by atoms with van der Waals surface area (Å²) in [6.07, 6.45) is 0.421. The first-order valence-electron chi connectivity index (χ1n) is 9.38. The van der Waals surface area contributed by atoms with E-state index in [2.05, 4.69) is 20.8 Å². The zero-order chi connectivity index (χ0) is 20.1. The van der Waals surface area contributed by atoms with Gasteiger partial charge in [0.25, 0.3) is 0 Å². The predicted molar refractivity (Wildman–Crippen MR) is 114 cm³/mol. The van der Waals surface area contributed by atoms with E-state index in [4.69, 9.17) is 0 Å². The van der Waals surface area contributed by atoms with Gasteiger partial charge in [0.1, 0.15) is 0 Å². The number of rotatable bonds is 6. The van der Waals surface area contributed by atoms with Crippen LogP contribution in [0.25, 0.3) is 0 Å². The molecule has 0 bridgehead atoms. The zero-order valence-corrected chi connectivity index (χ0v) is 18.4. The molecule has 7 heteroatoms. The topological polar surface area (TPSA) is 57.7 Å². The lowest BCUT2D eigenvalue weighted by Crippen LogP contribution is -2.50. The van der Waals surface area contributed by atoms with E-state index in [1.165, 1.54) is 0 Å². The molecule has 1 fully saturated rings. The van der Waals surface area contributed by atoms with Gasteiger partial charge in [-0.25, -0.2) is 8.42 Å². The lowest BCUT2D eigenvalue weighted by Gasteiger charge is -2.34. The predicted octanol–water partition coefficient (Wildman–Crippen LogP) is 2.92. The van der Waals surface area contributed by atoms with E-state index in [1.54, 1.807) is 24.3 Å². The van der Waals surface area contributed by atoms with Crippen LogP contribution < -0.4 is 0 Å². The third kappa shape index (κ3) is 5.43. The van der Waals surface area contributed by atoms with Crippen molar-refractivity contribution in [2.24, 2.45) is 0 Å². The van der Waals surface area contributed by atoms with E-state index in [1.807, 2.05) is 36.1 Å². The van der Waals surface area contributed by atoms with Crippen molar-refractivity contribution in [3.05, 3.63) is 64.1 Å². The van der Waals surface area contributed by atoms with Crippen LogP contribution in [-0.2, 0) is 21.1 Å². The summed E-state index contributed by atoms with van der Waals surface area (Å²) >= 11 is 3.32. The maximum atomic E-state index is 12.6. The molecule has 2 aromatic carbocycles. The minimum atomic E-state index is -3.29. The second-order valence-electron chi connectivity index (χ2n) is 7.10. The minimum absolute atomic E-state index is 0.0891. The second-order valence-corrected chi connectivity index (χ2v) is 10.1. The number of aryl methyl sites for hydroxylation is 1. The fourth-order valence-electron chi connectivity index (χ4n) is 3.31. The van der Waals surface area contributed by atoms with E-state index < -0.39 is 9.84 Å². The zero-order valence-electron chi connectivity index (χ0n) is 16.0. The summed E-state index contributed by atoms with van der Waals surface area (Å²) in [6.45, 7) is 5.20. The van der Waals surface area contributed by atoms with Crippen LogP contribution >= 0.6 is 15.9 Å². The van der Waals surface area contributed by atoms with Gasteiger partial charge in [0.2, 0.25) is 5.91 Å². The number of hydrogen-bond donors (Lipinski definition) is 0. The Morgan fingerprint density at radius 1 is 1.00 bits per heavy atom. The van der Waals surface area contributed by atoms with Crippen LogP contribution in [0.1, 0.15) is 11.1 Å². The molecule has 0 saturated carbocycles. The van der Waals surface area contributed by atoms with Gasteiger partial charge in [-0.2, -0.15) is 0 Å². The van der Waals surface area contributed by atoms with Crippen LogP contribution in [0, 0.1) is 6.92 Å². The van der Waals surface area contributed by atoms with Crippen molar-refractivity contribution in [1.29, 1.82) is 0 Å². The van der Waals surface area contributed by atoms with Gasteiger partial charge in [0.05, 0.1) is 17.1 Å². The Balaban J connectivity index is 1.48. The van der Waals surface area contributed by atoms with Gasteiger partial charge in [0, 0.05) is 37.2 Å². The molecule has 5 nitrogen and oxygen atoms in total. The largest absolute Gasteiger partial charge is 0.340 e. The SMILES string of the molecule is Cc1ccccc1CC(=O)N1CCN(CCS(=O)(=O)c2ccc(Br)cc2)CC1. The summed E-state index contributed by atoms with van der Waals surface area (Å²) in [5.74, 6) is 0.225. The van der Waals surface area contributed by atoms with E-state index in [0.29, 0.717) is 44.0 Å². The molecule has 0 atom stereocenters. The van der Waals surface area contributed by atoms with E-state index in [-0.39, 0.29) is 11.7 Å². The molecule has 0 N–H and O–H groups in total. The Labute approximate surface area is 175 Å². The number of carbonyl (C=O) groups is 1. The highest BCUT2D eigenvalue weighted by molar-refractivity contribution is 9.10. The molecule has 3 rings (SSSR count). The fourth-order valence-corrected chi connectivity index (χ4v) is 4.86. The Kier molecular flexibility index (Phi) is 6.91. The van der Waals surface area contributed by atoms with E-state index in [0.717, 1.165) is 15.6 Å². The van der Waals surface area contributed by atoms with Crippen LogP contribution in [0.4, 0.5) is 0 Å².